The van der Waals surface area contributed by atoms with Crippen LogP contribution in [0.3, 0.4) is 0 Å². The first-order valence-corrected chi connectivity index (χ1v) is 6.81. The Balaban J connectivity index is 1.60. The molecule has 19 heavy (non-hydrogen) atoms. The number of nitrogens with zero attached hydrogens (tertiary/aromatic N) is 1. The Bertz CT molecular complexity index is 477. The maximum atomic E-state index is 13.1. The number of carbonyl (C=O) groups is 1. The molecule has 0 amide bonds. The summed E-state index contributed by atoms with van der Waals surface area (Å²) in [6, 6.07) is 5.87. The predicted molar refractivity (Wildman–Crippen MR) is 69.4 cm³/mol. The summed E-state index contributed by atoms with van der Waals surface area (Å²) in [6.07, 6.45) is 1.56. The molecule has 1 saturated heterocycles. The molecule has 1 N–H and O–H groups in total. The zero-order valence-corrected chi connectivity index (χ0v) is 10.8. The SMILES string of the molecule is O=C(CN1C[C@H]2CC(O)C[C@H]2C1)c1cccc(F)c1. The quantitative estimate of drug-likeness (QED) is 0.844. The second-order valence-corrected chi connectivity index (χ2v) is 5.77. The van der Waals surface area contributed by atoms with Crippen molar-refractivity contribution in [1.29, 1.82) is 0 Å². The highest BCUT2D eigenvalue weighted by molar-refractivity contribution is 5.97. The van der Waals surface area contributed by atoms with Crippen LogP contribution < -0.4 is 0 Å². The number of ketones is 1. The number of likely N-dealkylation sites (tertiary alicyclic amines) is 1. The van der Waals surface area contributed by atoms with E-state index in [-0.39, 0.29) is 17.7 Å². The first-order valence-electron chi connectivity index (χ1n) is 6.81. The minimum Gasteiger partial charge on any atom is -0.393 e. The fraction of sp³-hybridized carbons (Fsp3) is 0.533. The number of Topliss-reactive ketones (excluding diaryl/α,β-unsaturated/α-hetero) is 1. The predicted octanol–water partition coefficient (Wildman–Crippen LogP) is 1.71. The lowest BCUT2D eigenvalue weighted by Crippen LogP contribution is -2.29. The minimum absolute atomic E-state index is 0.0278. The van der Waals surface area contributed by atoms with Crippen LogP contribution in [0.2, 0.25) is 0 Å². The number of carbonyl (C=O) groups excluding carboxylic acids is 1. The standard InChI is InChI=1S/C15H18FNO2/c16-13-3-1-2-10(4-13)15(19)9-17-7-11-5-14(18)6-12(11)8-17/h1-4,11-12,14,18H,5-9H2/t11-,12+,14?. The van der Waals surface area contributed by atoms with Gasteiger partial charge in [0.25, 0.3) is 0 Å². The molecule has 0 aromatic heterocycles. The third-order valence-corrected chi connectivity index (χ3v) is 4.32. The maximum Gasteiger partial charge on any atom is 0.176 e. The summed E-state index contributed by atoms with van der Waals surface area (Å²) in [7, 11) is 0. The fourth-order valence-electron chi connectivity index (χ4n) is 3.45. The zero-order valence-electron chi connectivity index (χ0n) is 10.8. The van der Waals surface area contributed by atoms with Gasteiger partial charge < -0.3 is 5.11 Å². The van der Waals surface area contributed by atoms with Crippen molar-refractivity contribution in [3.8, 4) is 0 Å². The third kappa shape index (κ3) is 2.69. The first kappa shape index (κ1) is 12.8. The van der Waals surface area contributed by atoms with Gasteiger partial charge in [-0.2, -0.15) is 0 Å². The zero-order chi connectivity index (χ0) is 13.4. The number of hydrogen-bond donors (Lipinski definition) is 1. The monoisotopic (exact) mass is 263 g/mol. The highest BCUT2D eigenvalue weighted by atomic mass is 19.1. The van der Waals surface area contributed by atoms with Crippen LogP contribution in [0.5, 0.6) is 0 Å². The van der Waals surface area contributed by atoms with Gasteiger partial charge in [-0.15, -0.1) is 0 Å². The minimum atomic E-state index is -0.368. The van der Waals surface area contributed by atoms with Crippen molar-refractivity contribution in [3.63, 3.8) is 0 Å². The van der Waals surface area contributed by atoms with Crippen molar-refractivity contribution in [2.24, 2.45) is 11.8 Å². The van der Waals surface area contributed by atoms with Crippen LogP contribution in [-0.4, -0.2) is 41.5 Å². The number of benzene rings is 1. The summed E-state index contributed by atoms with van der Waals surface area (Å²) in [5.74, 6) is 0.651. The van der Waals surface area contributed by atoms with Crippen molar-refractivity contribution in [3.05, 3.63) is 35.6 Å². The van der Waals surface area contributed by atoms with Crippen molar-refractivity contribution in [2.45, 2.75) is 18.9 Å². The number of fused-ring (bicyclic) bond motifs is 1. The van der Waals surface area contributed by atoms with Gasteiger partial charge in [-0.1, -0.05) is 12.1 Å². The highest BCUT2D eigenvalue weighted by Crippen LogP contribution is 2.37. The molecule has 0 bridgehead atoms. The molecule has 1 aromatic carbocycles. The van der Waals surface area contributed by atoms with Crippen molar-refractivity contribution < 1.29 is 14.3 Å². The molecule has 3 atom stereocenters. The van der Waals surface area contributed by atoms with E-state index in [0.29, 0.717) is 23.9 Å². The van der Waals surface area contributed by atoms with Gasteiger partial charge in [0.05, 0.1) is 12.6 Å². The van der Waals surface area contributed by atoms with Crippen LogP contribution in [-0.2, 0) is 0 Å². The van der Waals surface area contributed by atoms with Gasteiger partial charge in [-0.3, -0.25) is 9.69 Å². The molecular formula is C15H18FNO2. The Kier molecular flexibility index (Phi) is 3.37. The van der Waals surface area contributed by atoms with E-state index in [2.05, 4.69) is 4.90 Å². The Morgan fingerprint density at radius 1 is 1.32 bits per heavy atom. The summed E-state index contributed by atoms with van der Waals surface area (Å²) in [5, 5.41) is 9.58. The lowest BCUT2D eigenvalue weighted by atomic mass is 10.0. The lowest BCUT2D eigenvalue weighted by molar-refractivity contribution is 0.0934. The molecule has 2 fully saturated rings. The van der Waals surface area contributed by atoms with E-state index in [1.54, 1.807) is 12.1 Å². The van der Waals surface area contributed by atoms with Crippen LogP contribution in [0, 0.1) is 17.7 Å². The molecule has 0 radical (unpaired) electrons. The Hall–Kier alpha value is -1.26. The lowest BCUT2D eigenvalue weighted by Gasteiger charge is -2.16. The molecule has 1 unspecified atom stereocenters. The molecule has 4 heteroatoms. The summed E-state index contributed by atoms with van der Waals surface area (Å²) < 4.78 is 13.1. The average molecular weight is 263 g/mol. The van der Waals surface area contributed by atoms with Crippen LogP contribution in [0.1, 0.15) is 23.2 Å². The summed E-state index contributed by atoms with van der Waals surface area (Å²) in [5.41, 5.74) is 0.442. The van der Waals surface area contributed by atoms with E-state index in [0.717, 1.165) is 25.9 Å². The Morgan fingerprint density at radius 2 is 2.00 bits per heavy atom. The van der Waals surface area contributed by atoms with E-state index < -0.39 is 0 Å². The summed E-state index contributed by atoms with van der Waals surface area (Å²) >= 11 is 0. The number of halogens is 1. The third-order valence-electron chi connectivity index (χ3n) is 4.32. The number of rotatable bonds is 3. The van der Waals surface area contributed by atoms with E-state index in [4.69, 9.17) is 0 Å². The van der Waals surface area contributed by atoms with Gasteiger partial charge in [0, 0.05) is 18.7 Å². The largest absolute Gasteiger partial charge is 0.393 e. The summed E-state index contributed by atoms with van der Waals surface area (Å²) in [6.45, 7) is 2.11. The molecule has 2 aliphatic rings. The van der Waals surface area contributed by atoms with Crippen LogP contribution >= 0.6 is 0 Å². The second kappa shape index (κ2) is 5.02. The van der Waals surface area contributed by atoms with Gasteiger partial charge in [0.1, 0.15) is 5.82 Å². The van der Waals surface area contributed by atoms with Crippen LogP contribution in [0.25, 0.3) is 0 Å². The first-order chi connectivity index (χ1) is 9.11. The Labute approximate surface area is 112 Å². The smallest absolute Gasteiger partial charge is 0.176 e. The molecule has 3 rings (SSSR count). The fourth-order valence-corrected chi connectivity index (χ4v) is 3.45. The van der Waals surface area contributed by atoms with E-state index >= 15 is 0 Å². The molecule has 1 aromatic rings. The van der Waals surface area contributed by atoms with Gasteiger partial charge in [-0.05, 0) is 36.8 Å². The summed E-state index contributed by atoms with van der Waals surface area (Å²) in [4.78, 5) is 14.2. The van der Waals surface area contributed by atoms with Crippen molar-refractivity contribution in [1.82, 2.24) is 4.90 Å². The Morgan fingerprint density at radius 3 is 2.63 bits per heavy atom. The number of aliphatic hydroxyl groups is 1. The number of aliphatic hydroxyl groups excluding tert-OH is 1. The van der Waals surface area contributed by atoms with Gasteiger partial charge >= 0.3 is 0 Å². The van der Waals surface area contributed by atoms with Crippen LogP contribution in [0.4, 0.5) is 4.39 Å². The van der Waals surface area contributed by atoms with Gasteiger partial charge in [0.2, 0.25) is 0 Å². The molecule has 1 saturated carbocycles. The molecular weight excluding hydrogens is 245 g/mol. The maximum absolute atomic E-state index is 13.1. The van der Waals surface area contributed by atoms with Crippen molar-refractivity contribution >= 4 is 5.78 Å². The van der Waals surface area contributed by atoms with Crippen molar-refractivity contribution in [2.75, 3.05) is 19.6 Å². The van der Waals surface area contributed by atoms with E-state index in [1.165, 1.54) is 12.1 Å². The molecule has 1 heterocycles. The molecule has 1 aliphatic carbocycles. The average Bonchev–Trinajstić information content (AvgIpc) is 2.85. The molecule has 1 aliphatic heterocycles. The topological polar surface area (TPSA) is 40.5 Å². The van der Waals surface area contributed by atoms with E-state index in [9.17, 15) is 14.3 Å². The van der Waals surface area contributed by atoms with Crippen LogP contribution in [0.15, 0.2) is 24.3 Å². The number of hydrogen-bond acceptors (Lipinski definition) is 3. The second-order valence-electron chi connectivity index (χ2n) is 5.77. The van der Waals surface area contributed by atoms with Gasteiger partial charge in [-0.25, -0.2) is 4.39 Å². The normalized spacial score (nSPS) is 30.5. The highest BCUT2D eigenvalue weighted by Gasteiger charge is 2.40. The molecule has 3 nitrogen and oxygen atoms in total. The molecule has 102 valence electrons. The molecule has 0 spiro atoms. The van der Waals surface area contributed by atoms with E-state index in [1.807, 2.05) is 0 Å². The van der Waals surface area contributed by atoms with Gasteiger partial charge in [0.15, 0.2) is 5.78 Å².